The minimum absolute atomic E-state index is 0.0471. The van der Waals surface area contributed by atoms with Gasteiger partial charge in [0.15, 0.2) is 11.4 Å². The largest absolute Gasteiger partial charge is 0.490 e. The second kappa shape index (κ2) is 5.35. The average molecular weight is 272 g/mol. The van der Waals surface area contributed by atoms with Crippen LogP contribution in [0.5, 0.6) is 5.75 Å². The Morgan fingerprint density at radius 1 is 1.10 bits per heavy atom. The topological polar surface area (TPSA) is 42.6 Å². The molecular formula is C16H13FO3. The van der Waals surface area contributed by atoms with Crippen LogP contribution >= 0.6 is 0 Å². The molecule has 0 saturated heterocycles. The van der Waals surface area contributed by atoms with Crippen LogP contribution in [0.15, 0.2) is 59.0 Å². The summed E-state index contributed by atoms with van der Waals surface area (Å²) in [4.78, 5) is 0. The highest BCUT2D eigenvalue weighted by Crippen LogP contribution is 2.26. The Balaban J connectivity index is 1.75. The molecule has 0 aliphatic rings. The van der Waals surface area contributed by atoms with Gasteiger partial charge in [0, 0.05) is 5.39 Å². The summed E-state index contributed by atoms with van der Waals surface area (Å²) in [7, 11) is 0. The van der Waals surface area contributed by atoms with Crippen LogP contribution < -0.4 is 4.74 Å². The summed E-state index contributed by atoms with van der Waals surface area (Å²) in [6, 6.07) is 15.4. The van der Waals surface area contributed by atoms with Gasteiger partial charge in [-0.1, -0.05) is 30.3 Å². The van der Waals surface area contributed by atoms with Gasteiger partial charge in [0.2, 0.25) is 0 Å². The Morgan fingerprint density at radius 2 is 1.90 bits per heavy atom. The van der Waals surface area contributed by atoms with E-state index in [9.17, 15) is 9.50 Å². The molecule has 102 valence electrons. The van der Waals surface area contributed by atoms with Crippen LogP contribution in [0.4, 0.5) is 4.39 Å². The van der Waals surface area contributed by atoms with Crippen molar-refractivity contribution in [3.63, 3.8) is 0 Å². The smallest absolute Gasteiger partial charge is 0.170 e. The average Bonchev–Trinajstić information content (AvgIpc) is 2.91. The fourth-order valence-corrected chi connectivity index (χ4v) is 1.99. The van der Waals surface area contributed by atoms with Crippen LogP contribution in [0.25, 0.3) is 11.0 Å². The molecule has 0 aliphatic heterocycles. The van der Waals surface area contributed by atoms with E-state index in [1.165, 1.54) is 6.07 Å². The highest BCUT2D eigenvalue weighted by molar-refractivity contribution is 5.78. The first-order chi connectivity index (χ1) is 9.74. The van der Waals surface area contributed by atoms with Gasteiger partial charge in [0.05, 0.1) is 0 Å². The summed E-state index contributed by atoms with van der Waals surface area (Å²) in [5.74, 6) is 0.514. The number of fused-ring (bicyclic) bond motifs is 1. The Hall–Kier alpha value is -2.33. The van der Waals surface area contributed by atoms with Gasteiger partial charge in [-0.25, -0.2) is 4.39 Å². The molecule has 2 aromatic carbocycles. The summed E-state index contributed by atoms with van der Waals surface area (Å²) in [6.07, 6.45) is -0.943. The number of rotatable bonds is 4. The third-order valence-corrected chi connectivity index (χ3v) is 2.99. The maximum atomic E-state index is 13.5. The second-order valence-electron chi connectivity index (χ2n) is 4.45. The number of aliphatic hydroxyl groups is 1. The van der Waals surface area contributed by atoms with Crippen LogP contribution in [-0.4, -0.2) is 11.7 Å². The lowest BCUT2D eigenvalue weighted by molar-refractivity contribution is 0.0901. The van der Waals surface area contributed by atoms with Crippen molar-refractivity contribution in [1.82, 2.24) is 0 Å². The number of furan rings is 1. The van der Waals surface area contributed by atoms with Crippen molar-refractivity contribution in [3.05, 3.63) is 66.2 Å². The second-order valence-corrected chi connectivity index (χ2v) is 4.45. The maximum absolute atomic E-state index is 13.5. The van der Waals surface area contributed by atoms with Gasteiger partial charge < -0.3 is 14.3 Å². The lowest BCUT2D eigenvalue weighted by Crippen LogP contribution is -2.08. The van der Waals surface area contributed by atoms with E-state index < -0.39 is 11.9 Å². The molecule has 3 nitrogen and oxygen atoms in total. The molecular weight excluding hydrogens is 259 g/mol. The molecule has 0 spiro atoms. The molecule has 0 bridgehead atoms. The van der Waals surface area contributed by atoms with Gasteiger partial charge in [-0.15, -0.1) is 0 Å². The molecule has 1 N–H and O–H groups in total. The molecule has 1 atom stereocenters. The Morgan fingerprint density at radius 3 is 2.65 bits per heavy atom. The zero-order valence-corrected chi connectivity index (χ0v) is 10.6. The lowest BCUT2D eigenvalue weighted by atomic mass is 10.2. The van der Waals surface area contributed by atoms with E-state index in [-0.39, 0.29) is 12.2 Å². The van der Waals surface area contributed by atoms with Gasteiger partial charge in [-0.2, -0.15) is 0 Å². The van der Waals surface area contributed by atoms with Crippen LogP contribution in [-0.2, 0) is 0 Å². The third-order valence-electron chi connectivity index (χ3n) is 2.99. The standard InChI is InChI=1S/C16H13FO3/c17-13-8-4-5-11-9-15(20-16(11)13)14(18)10-19-12-6-2-1-3-7-12/h1-9,14,18H,10H2. The van der Waals surface area contributed by atoms with Gasteiger partial charge in [0.25, 0.3) is 0 Å². The molecule has 0 saturated carbocycles. The van der Waals surface area contributed by atoms with Crippen molar-refractivity contribution in [3.8, 4) is 5.75 Å². The summed E-state index contributed by atoms with van der Waals surface area (Å²) in [5.41, 5.74) is 0.154. The fraction of sp³-hybridized carbons (Fsp3) is 0.125. The Bertz CT molecular complexity index is 706. The predicted molar refractivity (Wildman–Crippen MR) is 73.1 cm³/mol. The van der Waals surface area contributed by atoms with Crippen molar-refractivity contribution >= 4 is 11.0 Å². The quantitative estimate of drug-likeness (QED) is 0.787. The van der Waals surface area contributed by atoms with Gasteiger partial charge in [-0.3, -0.25) is 0 Å². The molecule has 0 aliphatic carbocycles. The highest BCUT2D eigenvalue weighted by atomic mass is 19.1. The van der Waals surface area contributed by atoms with E-state index in [1.54, 1.807) is 30.3 Å². The zero-order valence-electron chi connectivity index (χ0n) is 10.6. The number of halogens is 1. The van der Waals surface area contributed by atoms with Crippen molar-refractivity contribution in [2.45, 2.75) is 6.10 Å². The molecule has 3 aromatic rings. The number of hydrogen-bond acceptors (Lipinski definition) is 3. The van der Waals surface area contributed by atoms with Gasteiger partial charge in [-0.05, 0) is 24.3 Å². The molecule has 4 heteroatoms. The van der Waals surface area contributed by atoms with Crippen molar-refractivity contribution in [1.29, 1.82) is 0 Å². The summed E-state index contributed by atoms with van der Waals surface area (Å²) < 4.78 is 24.3. The van der Waals surface area contributed by atoms with Crippen LogP contribution in [0.3, 0.4) is 0 Å². The van der Waals surface area contributed by atoms with Crippen LogP contribution in [0.1, 0.15) is 11.9 Å². The summed E-state index contributed by atoms with van der Waals surface area (Å²) >= 11 is 0. The normalized spacial score (nSPS) is 12.5. The number of hydrogen-bond donors (Lipinski definition) is 1. The van der Waals surface area contributed by atoms with Crippen molar-refractivity contribution < 1.29 is 18.7 Å². The number of para-hydroxylation sites is 2. The minimum atomic E-state index is -0.943. The van der Waals surface area contributed by atoms with E-state index in [2.05, 4.69) is 0 Å². The molecule has 1 aromatic heterocycles. The Labute approximate surface area is 115 Å². The SMILES string of the molecule is OC(COc1ccccc1)c1cc2cccc(F)c2o1. The monoisotopic (exact) mass is 272 g/mol. The first-order valence-corrected chi connectivity index (χ1v) is 6.28. The summed E-state index contributed by atoms with van der Waals surface area (Å²) in [6.45, 7) is 0.0471. The maximum Gasteiger partial charge on any atom is 0.170 e. The van der Waals surface area contributed by atoms with Gasteiger partial charge in [0.1, 0.15) is 24.2 Å². The van der Waals surface area contributed by atoms with Crippen LogP contribution in [0, 0.1) is 5.82 Å². The van der Waals surface area contributed by atoms with Crippen LogP contribution in [0.2, 0.25) is 0 Å². The number of benzene rings is 2. The molecule has 3 rings (SSSR count). The molecule has 0 fully saturated rings. The highest BCUT2D eigenvalue weighted by Gasteiger charge is 2.15. The van der Waals surface area contributed by atoms with Crippen molar-refractivity contribution in [2.24, 2.45) is 0 Å². The predicted octanol–water partition coefficient (Wildman–Crippen LogP) is 3.68. The molecule has 0 amide bonds. The lowest BCUT2D eigenvalue weighted by Gasteiger charge is -2.09. The fourth-order valence-electron chi connectivity index (χ4n) is 1.99. The Kier molecular flexibility index (Phi) is 3.39. The molecule has 0 radical (unpaired) electrons. The minimum Gasteiger partial charge on any atom is -0.490 e. The van der Waals surface area contributed by atoms with Crippen molar-refractivity contribution in [2.75, 3.05) is 6.61 Å². The number of aliphatic hydroxyl groups excluding tert-OH is 1. The van der Waals surface area contributed by atoms with E-state index >= 15 is 0 Å². The molecule has 20 heavy (non-hydrogen) atoms. The first kappa shape index (κ1) is 12.7. The first-order valence-electron chi connectivity index (χ1n) is 6.28. The van der Waals surface area contributed by atoms with E-state index in [4.69, 9.17) is 9.15 Å². The van der Waals surface area contributed by atoms with E-state index in [0.29, 0.717) is 16.9 Å². The third kappa shape index (κ3) is 2.51. The molecule has 1 unspecified atom stereocenters. The summed E-state index contributed by atoms with van der Waals surface area (Å²) in [5, 5.41) is 10.7. The number of ether oxygens (including phenoxy) is 1. The van der Waals surface area contributed by atoms with E-state index in [0.717, 1.165) is 0 Å². The zero-order chi connectivity index (χ0) is 13.9. The molecule has 1 heterocycles. The van der Waals surface area contributed by atoms with Gasteiger partial charge >= 0.3 is 0 Å². The van der Waals surface area contributed by atoms with E-state index in [1.807, 2.05) is 18.2 Å².